The zero-order valence-electron chi connectivity index (χ0n) is 15.3. The first-order chi connectivity index (χ1) is 14.0. The van der Waals surface area contributed by atoms with Crippen LogP contribution in [-0.2, 0) is 0 Å². The molecule has 29 heavy (non-hydrogen) atoms. The Labute approximate surface area is 166 Å². The maximum atomic E-state index is 13.3. The van der Waals surface area contributed by atoms with Crippen LogP contribution in [0.2, 0.25) is 0 Å². The minimum Gasteiger partial charge on any atom is -0.496 e. The van der Waals surface area contributed by atoms with Crippen molar-refractivity contribution in [3.63, 3.8) is 0 Å². The Kier molecular flexibility index (Phi) is 4.83. The van der Waals surface area contributed by atoms with Gasteiger partial charge in [-0.3, -0.25) is 4.79 Å². The van der Waals surface area contributed by atoms with Crippen molar-refractivity contribution in [2.45, 2.75) is 0 Å². The van der Waals surface area contributed by atoms with E-state index in [0.717, 1.165) is 6.07 Å². The SMILES string of the molecule is COc1ccccc1/C=C1\Oc2cc(OC(=O)c3cccc(F)c3)ccc2C1=O. The van der Waals surface area contributed by atoms with Crippen LogP contribution in [0.1, 0.15) is 26.3 Å². The summed E-state index contributed by atoms with van der Waals surface area (Å²) >= 11 is 0. The molecule has 0 aliphatic carbocycles. The second kappa shape index (κ2) is 7.59. The van der Waals surface area contributed by atoms with Gasteiger partial charge in [0.05, 0.1) is 18.2 Å². The summed E-state index contributed by atoms with van der Waals surface area (Å²) in [6.07, 6.45) is 1.60. The number of allylic oxidation sites excluding steroid dienone is 1. The topological polar surface area (TPSA) is 61.8 Å². The van der Waals surface area contributed by atoms with Crippen LogP contribution in [0.5, 0.6) is 17.2 Å². The smallest absolute Gasteiger partial charge is 0.343 e. The number of halogens is 1. The van der Waals surface area contributed by atoms with Gasteiger partial charge in [0, 0.05) is 11.6 Å². The third kappa shape index (κ3) is 3.73. The van der Waals surface area contributed by atoms with Crippen LogP contribution in [-0.4, -0.2) is 18.9 Å². The van der Waals surface area contributed by atoms with E-state index in [4.69, 9.17) is 14.2 Å². The van der Waals surface area contributed by atoms with Crippen LogP contribution in [0.4, 0.5) is 4.39 Å². The average molecular weight is 390 g/mol. The van der Waals surface area contributed by atoms with Crippen molar-refractivity contribution in [1.29, 1.82) is 0 Å². The van der Waals surface area contributed by atoms with Crippen molar-refractivity contribution in [3.8, 4) is 17.2 Å². The van der Waals surface area contributed by atoms with Crippen molar-refractivity contribution in [3.05, 3.63) is 95.0 Å². The molecule has 6 heteroatoms. The lowest BCUT2D eigenvalue weighted by atomic mass is 10.1. The van der Waals surface area contributed by atoms with Gasteiger partial charge in [0.1, 0.15) is 23.1 Å². The lowest BCUT2D eigenvalue weighted by Crippen LogP contribution is -2.08. The number of ketones is 1. The summed E-state index contributed by atoms with van der Waals surface area (Å²) in [5, 5.41) is 0. The van der Waals surface area contributed by atoms with E-state index in [0.29, 0.717) is 16.9 Å². The molecule has 0 spiro atoms. The summed E-state index contributed by atoms with van der Waals surface area (Å²) < 4.78 is 29.5. The van der Waals surface area contributed by atoms with Gasteiger partial charge in [-0.1, -0.05) is 24.3 Å². The van der Waals surface area contributed by atoms with E-state index >= 15 is 0 Å². The van der Waals surface area contributed by atoms with Crippen molar-refractivity contribution in [2.24, 2.45) is 0 Å². The molecule has 3 aromatic carbocycles. The Morgan fingerprint density at radius 3 is 2.66 bits per heavy atom. The quantitative estimate of drug-likeness (QED) is 0.368. The first-order valence-electron chi connectivity index (χ1n) is 8.74. The first-order valence-corrected chi connectivity index (χ1v) is 8.74. The molecule has 5 nitrogen and oxygen atoms in total. The molecule has 0 N–H and O–H groups in total. The number of Topliss-reactive ketones (excluding diaryl/α,β-unsaturated/α-hetero) is 1. The molecule has 0 bridgehead atoms. The van der Waals surface area contributed by atoms with Gasteiger partial charge in [-0.05, 0) is 42.5 Å². The van der Waals surface area contributed by atoms with Gasteiger partial charge in [0.25, 0.3) is 0 Å². The third-order valence-corrected chi connectivity index (χ3v) is 4.34. The molecule has 0 fully saturated rings. The van der Waals surface area contributed by atoms with Crippen molar-refractivity contribution >= 4 is 17.8 Å². The fraction of sp³-hybridized carbons (Fsp3) is 0.0435. The number of para-hydroxylation sites is 1. The largest absolute Gasteiger partial charge is 0.496 e. The van der Waals surface area contributed by atoms with Crippen LogP contribution < -0.4 is 14.2 Å². The Hall–Kier alpha value is -3.93. The van der Waals surface area contributed by atoms with E-state index in [9.17, 15) is 14.0 Å². The average Bonchev–Trinajstić information content (AvgIpc) is 3.03. The molecule has 1 aliphatic heterocycles. The van der Waals surface area contributed by atoms with Gasteiger partial charge in [-0.2, -0.15) is 0 Å². The van der Waals surface area contributed by atoms with E-state index in [1.54, 1.807) is 25.3 Å². The highest BCUT2D eigenvalue weighted by molar-refractivity contribution is 6.14. The maximum absolute atomic E-state index is 13.3. The molecule has 4 rings (SSSR count). The predicted molar refractivity (Wildman–Crippen MR) is 104 cm³/mol. The predicted octanol–water partition coefficient (Wildman–Crippen LogP) is 4.67. The van der Waals surface area contributed by atoms with Crippen LogP contribution in [0.25, 0.3) is 6.08 Å². The lowest BCUT2D eigenvalue weighted by Gasteiger charge is -2.06. The number of methoxy groups -OCH3 is 1. The van der Waals surface area contributed by atoms with E-state index in [1.807, 2.05) is 12.1 Å². The number of carbonyl (C=O) groups excluding carboxylic acids is 2. The number of rotatable bonds is 4. The maximum Gasteiger partial charge on any atom is 0.343 e. The number of carbonyl (C=O) groups is 2. The molecule has 0 amide bonds. The zero-order valence-corrected chi connectivity index (χ0v) is 15.3. The Bertz CT molecular complexity index is 1150. The molecular formula is C23H15FO5. The Balaban J connectivity index is 1.57. The highest BCUT2D eigenvalue weighted by Crippen LogP contribution is 2.35. The van der Waals surface area contributed by atoms with Gasteiger partial charge >= 0.3 is 5.97 Å². The third-order valence-electron chi connectivity index (χ3n) is 4.34. The van der Waals surface area contributed by atoms with E-state index in [1.165, 1.54) is 36.4 Å². The van der Waals surface area contributed by atoms with E-state index in [2.05, 4.69) is 0 Å². The molecule has 0 saturated heterocycles. The molecule has 1 heterocycles. The Morgan fingerprint density at radius 2 is 1.86 bits per heavy atom. The normalized spacial score (nSPS) is 13.7. The van der Waals surface area contributed by atoms with Crippen LogP contribution in [0, 0.1) is 5.82 Å². The number of esters is 1. The second-order valence-corrected chi connectivity index (χ2v) is 6.24. The highest BCUT2D eigenvalue weighted by atomic mass is 19.1. The van der Waals surface area contributed by atoms with Crippen molar-refractivity contribution in [1.82, 2.24) is 0 Å². The molecule has 0 unspecified atom stereocenters. The van der Waals surface area contributed by atoms with Gasteiger partial charge < -0.3 is 14.2 Å². The molecule has 3 aromatic rings. The van der Waals surface area contributed by atoms with Crippen LogP contribution in [0.15, 0.2) is 72.5 Å². The van der Waals surface area contributed by atoms with Crippen LogP contribution >= 0.6 is 0 Å². The van der Waals surface area contributed by atoms with Crippen LogP contribution in [0.3, 0.4) is 0 Å². The minimum absolute atomic E-state index is 0.0826. The monoisotopic (exact) mass is 390 g/mol. The molecule has 0 atom stereocenters. The van der Waals surface area contributed by atoms with Crippen molar-refractivity contribution < 1.29 is 28.2 Å². The number of hydrogen-bond donors (Lipinski definition) is 0. The number of hydrogen-bond acceptors (Lipinski definition) is 5. The summed E-state index contributed by atoms with van der Waals surface area (Å²) in [6, 6.07) is 16.9. The molecule has 1 aliphatic rings. The van der Waals surface area contributed by atoms with Gasteiger partial charge in [-0.25, -0.2) is 9.18 Å². The summed E-state index contributed by atoms with van der Waals surface area (Å²) in [6.45, 7) is 0. The zero-order chi connectivity index (χ0) is 20.4. The van der Waals surface area contributed by atoms with Gasteiger partial charge in [0.15, 0.2) is 5.76 Å². The van der Waals surface area contributed by atoms with E-state index < -0.39 is 11.8 Å². The van der Waals surface area contributed by atoms with Gasteiger partial charge in [0.2, 0.25) is 5.78 Å². The Morgan fingerprint density at radius 1 is 1.03 bits per heavy atom. The molecule has 0 radical (unpaired) electrons. The molecule has 144 valence electrons. The molecular weight excluding hydrogens is 375 g/mol. The summed E-state index contributed by atoms with van der Waals surface area (Å²) in [7, 11) is 1.54. The summed E-state index contributed by atoms with van der Waals surface area (Å²) in [4.78, 5) is 24.8. The van der Waals surface area contributed by atoms with Crippen molar-refractivity contribution in [2.75, 3.05) is 7.11 Å². The molecule has 0 saturated carbocycles. The standard InChI is InChI=1S/C23H15FO5/c1-27-19-8-3-2-5-14(19)12-21-22(25)18-10-9-17(13-20(18)29-21)28-23(26)15-6-4-7-16(24)11-15/h2-13H,1H3/b21-12-. The highest BCUT2D eigenvalue weighted by Gasteiger charge is 2.28. The van der Waals surface area contributed by atoms with E-state index in [-0.39, 0.29) is 28.6 Å². The number of benzene rings is 3. The summed E-state index contributed by atoms with van der Waals surface area (Å²) in [5.41, 5.74) is 1.14. The van der Waals surface area contributed by atoms with Gasteiger partial charge in [-0.15, -0.1) is 0 Å². The number of fused-ring (bicyclic) bond motifs is 1. The fourth-order valence-electron chi connectivity index (χ4n) is 2.94. The first kappa shape index (κ1) is 18.4. The number of ether oxygens (including phenoxy) is 3. The second-order valence-electron chi connectivity index (χ2n) is 6.24. The fourth-order valence-corrected chi connectivity index (χ4v) is 2.94. The molecule has 0 aromatic heterocycles. The lowest BCUT2D eigenvalue weighted by molar-refractivity contribution is 0.0734. The summed E-state index contributed by atoms with van der Waals surface area (Å²) in [5.74, 6) is -0.318. The minimum atomic E-state index is -0.710.